The lowest BCUT2D eigenvalue weighted by atomic mass is 10.0. The highest BCUT2D eigenvalue weighted by molar-refractivity contribution is 5.90. The van der Waals surface area contributed by atoms with E-state index in [1.54, 1.807) is 4.68 Å². The quantitative estimate of drug-likeness (QED) is 0.860. The normalized spacial score (nSPS) is 19.3. The van der Waals surface area contributed by atoms with Crippen molar-refractivity contribution in [2.45, 2.75) is 57.6 Å². The number of hydrogen-bond acceptors (Lipinski definition) is 3. The second kappa shape index (κ2) is 6.91. The Kier molecular flexibility index (Phi) is 4.58. The molecule has 144 valence electrons. The lowest BCUT2D eigenvalue weighted by Crippen LogP contribution is -2.44. The van der Waals surface area contributed by atoms with Gasteiger partial charge in [0.25, 0.3) is 0 Å². The minimum atomic E-state index is -0.451. The molecular weight excluding hydrogens is 340 g/mol. The molecule has 0 spiro atoms. The first kappa shape index (κ1) is 17.9. The van der Waals surface area contributed by atoms with Crippen molar-refractivity contribution in [2.24, 2.45) is 7.05 Å². The van der Waals surface area contributed by atoms with Crippen LogP contribution in [-0.4, -0.2) is 32.9 Å². The largest absolute Gasteiger partial charge is 0.486 e. The molecular formula is C21H28N4O2. The minimum Gasteiger partial charge on any atom is -0.486 e. The van der Waals surface area contributed by atoms with Gasteiger partial charge in [0.1, 0.15) is 11.4 Å². The summed E-state index contributed by atoms with van der Waals surface area (Å²) in [5.41, 5.74) is 2.44. The van der Waals surface area contributed by atoms with Crippen molar-refractivity contribution in [3.05, 3.63) is 41.7 Å². The highest BCUT2D eigenvalue weighted by atomic mass is 16.5. The van der Waals surface area contributed by atoms with Gasteiger partial charge in [0.15, 0.2) is 0 Å². The van der Waals surface area contributed by atoms with E-state index in [9.17, 15) is 4.79 Å². The number of urea groups is 1. The van der Waals surface area contributed by atoms with Crippen molar-refractivity contribution in [1.82, 2.24) is 14.7 Å². The molecule has 1 aromatic heterocycles. The predicted molar refractivity (Wildman–Crippen MR) is 105 cm³/mol. The van der Waals surface area contributed by atoms with Gasteiger partial charge < -0.3 is 15.0 Å². The summed E-state index contributed by atoms with van der Waals surface area (Å²) in [6.07, 6.45) is 6.70. The molecule has 6 nitrogen and oxygen atoms in total. The van der Waals surface area contributed by atoms with E-state index in [-0.39, 0.29) is 6.03 Å². The number of carbonyl (C=O) groups excluding carboxylic acids is 1. The maximum atomic E-state index is 13.1. The van der Waals surface area contributed by atoms with Crippen LogP contribution in [0.1, 0.15) is 56.7 Å². The van der Waals surface area contributed by atoms with Gasteiger partial charge in [0.05, 0.1) is 24.5 Å². The fourth-order valence-electron chi connectivity index (χ4n) is 4.23. The number of fused-ring (bicyclic) bond motifs is 1. The Hall–Kier alpha value is -2.50. The minimum absolute atomic E-state index is 0.101. The molecule has 1 N–H and O–H groups in total. The van der Waals surface area contributed by atoms with Crippen LogP contribution in [0.2, 0.25) is 0 Å². The molecule has 1 aliphatic heterocycles. The number of nitrogens with zero attached hydrogens (tertiary/aromatic N) is 3. The molecule has 6 heteroatoms. The highest BCUT2D eigenvalue weighted by Gasteiger charge is 2.32. The van der Waals surface area contributed by atoms with Crippen molar-refractivity contribution in [3.8, 4) is 5.75 Å². The van der Waals surface area contributed by atoms with Crippen LogP contribution in [0.4, 0.5) is 10.5 Å². The predicted octanol–water partition coefficient (Wildman–Crippen LogP) is 4.28. The topological polar surface area (TPSA) is 59.4 Å². The summed E-state index contributed by atoms with van der Waals surface area (Å²) in [7, 11) is 1.91. The SMILES string of the molecule is Cn1cc(NC(=O)N2Cc3ccccc3OC(C)(C)C2)c(C2CCCC2)n1. The molecule has 0 saturated heterocycles. The van der Waals surface area contributed by atoms with E-state index >= 15 is 0 Å². The van der Waals surface area contributed by atoms with Gasteiger partial charge in [-0.2, -0.15) is 5.10 Å². The van der Waals surface area contributed by atoms with E-state index in [1.165, 1.54) is 12.8 Å². The second-order valence-electron chi connectivity index (χ2n) is 8.34. The Labute approximate surface area is 160 Å². The summed E-state index contributed by atoms with van der Waals surface area (Å²) in [6.45, 7) is 5.09. The number of amides is 2. The van der Waals surface area contributed by atoms with Gasteiger partial charge in [0.2, 0.25) is 0 Å². The average molecular weight is 368 g/mol. The maximum Gasteiger partial charge on any atom is 0.322 e. The first-order valence-electron chi connectivity index (χ1n) is 9.78. The number of benzene rings is 1. The molecule has 2 aromatic rings. The summed E-state index contributed by atoms with van der Waals surface area (Å²) in [5, 5.41) is 7.76. The molecule has 2 amide bonds. The van der Waals surface area contributed by atoms with Crippen molar-refractivity contribution in [2.75, 3.05) is 11.9 Å². The lowest BCUT2D eigenvalue weighted by Gasteiger charge is -2.29. The van der Waals surface area contributed by atoms with Crippen LogP contribution in [0, 0.1) is 0 Å². The first-order chi connectivity index (χ1) is 12.9. The van der Waals surface area contributed by atoms with Crippen molar-refractivity contribution < 1.29 is 9.53 Å². The molecule has 27 heavy (non-hydrogen) atoms. The molecule has 1 fully saturated rings. The zero-order chi connectivity index (χ0) is 19.0. The molecule has 0 bridgehead atoms. The number of nitrogens with one attached hydrogen (secondary N) is 1. The van der Waals surface area contributed by atoms with E-state index in [0.717, 1.165) is 35.5 Å². The molecule has 1 aromatic carbocycles. The fourth-order valence-corrected chi connectivity index (χ4v) is 4.23. The van der Waals surface area contributed by atoms with E-state index in [4.69, 9.17) is 4.74 Å². The monoisotopic (exact) mass is 368 g/mol. The third kappa shape index (κ3) is 3.80. The van der Waals surface area contributed by atoms with Gasteiger partial charge in [-0.3, -0.25) is 4.68 Å². The Balaban J connectivity index is 1.56. The van der Waals surface area contributed by atoms with E-state index in [1.807, 2.05) is 56.3 Å². The molecule has 1 saturated carbocycles. The number of rotatable bonds is 2. The Morgan fingerprint density at radius 3 is 2.78 bits per heavy atom. The third-order valence-corrected chi connectivity index (χ3v) is 5.42. The number of aryl methyl sites for hydroxylation is 1. The Morgan fingerprint density at radius 2 is 2.00 bits per heavy atom. The summed E-state index contributed by atoms with van der Waals surface area (Å²) in [5.74, 6) is 1.30. The van der Waals surface area contributed by atoms with Crippen molar-refractivity contribution in [1.29, 1.82) is 0 Å². The molecule has 1 aliphatic carbocycles. The van der Waals surface area contributed by atoms with Gasteiger partial charge >= 0.3 is 6.03 Å². The first-order valence-corrected chi connectivity index (χ1v) is 9.78. The van der Waals surface area contributed by atoms with Crippen LogP contribution in [0.25, 0.3) is 0 Å². The third-order valence-electron chi connectivity index (χ3n) is 5.42. The number of ether oxygens (including phenoxy) is 1. The molecule has 2 heterocycles. The second-order valence-corrected chi connectivity index (χ2v) is 8.34. The van der Waals surface area contributed by atoms with Gasteiger partial charge in [-0.1, -0.05) is 31.0 Å². The number of para-hydroxylation sites is 1. The Bertz CT molecular complexity index is 836. The van der Waals surface area contributed by atoms with Crippen LogP contribution >= 0.6 is 0 Å². The standard InChI is InChI=1S/C21H28N4O2/c1-21(2)14-25(12-16-10-6-7-11-18(16)27-21)20(26)22-17-13-24(3)23-19(17)15-8-4-5-9-15/h6-7,10-11,13,15H,4-5,8-9,12,14H2,1-3H3,(H,22,26). The zero-order valence-electron chi connectivity index (χ0n) is 16.4. The summed E-state index contributed by atoms with van der Waals surface area (Å²) < 4.78 is 7.95. The number of hydrogen-bond donors (Lipinski definition) is 1. The summed E-state index contributed by atoms with van der Waals surface area (Å²) in [6, 6.07) is 7.84. The van der Waals surface area contributed by atoms with Crippen LogP contribution in [0.15, 0.2) is 30.5 Å². The smallest absolute Gasteiger partial charge is 0.322 e. The van der Waals surface area contributed by atoms with E-state index < -0.39 is 5.60 Å². The lowest BCUT2D eigenvalue weighted by molar-refractivity contribution is 0.0835. The van der Waals surface area contributed by atoms with Gasteiger partial charge in [-0.05, 0) is 32.8 Å². The highest BCUT2D eigenvalue weighted by Crippen LogP contribution is 2.37. The fraction of sp³-hybridized carbons (Fsp3) is 0.524. The van der Waals surface area contributed by atoms with Gasteiger partial charge in [-0.15, -0.1) is 0 Å². The van der Waals surface area contributed by atoms with Gasteiger partial charge in [0, 0.05) is 24.7 Å². The number of carbonyl (C=O) groups is 1. The molecule has 4 rings (SSSR count). The van der Waals surface area contributed by atoms with Crippen LogP contribution in [-0.2, 0) is 13.6 Å². The van der Waals surface area contributed by atoms with Gasteiger partial charge in [-0.25, -0.2) is 4.79 Å². The van der Waals surface area contributed by atoms with E-state index in [0.29, 0.717) is 19.0 Å². The van der Waals surface area contributed by atoms with Crippen molar-refractivity contribution in [3.63, 3.8) is 0 Å². The average Bonchev–Trinajstić information content (AvgIpc) is 3.22. The maximum absolute atomic E-state index is 13.1. The number of anilines is 1. The van der Waals surface area contributed by atoms with Crippen LogP contribution in [0.3, 0.4) is 0 Å². The molecule has 0 unspecified atom stereocenters. The zero-order valence-corrected chi connectivity index (χ0v) is 16.4. The van der Waals surface area contributed by atoms with Crippen molar-refractivity contribution >= 4 is 11.7 Å². The van der Waals surface area contributed by atoms with Crippen LogP contribution in [0.5, 0.6) is 5.75 Å². The molecule has 2 aliphatic rings. The molecule has 0 radical (unpaired) electrons. The summed E-state index contributed by atoms with van der Waals surface area (Å²) in [4.78, 5) is 14.9. The van der Waals surface area contributed by atoms with E-state index in [2.05, 4.69) is 10.4 Å². The number of aromatic nitrogens is 2. The van der Waals surface area contributed by atoms with Crippen LogP contribution < -0.4 is 10.1 Å². The summed E-state index contributed by atoms with van der Waals surface area (Å²) >= 11 is 0. The molecule has 0 atom stereocenters. The Morgan fingerprint density at radius 1 is 1.26 bits per heavy atom.